The number of thioether (sulfide) groups is 1. The van der Waals surface area contributed by atoms with Crippen molar-refractivity contribution in [2.45, 2.75) is 11.8 Å². The number of phenols is 1. The molecule has 0 unspecified atom stereocenters. The normalized spacial score (nSPS) is 9.86. The van der Waals surface area contributed by atoms with Gasteiger partial charge >= 0.3 is 5.97 Å². The summed E-state index contributed by atoms with van der Waals surface area (Å²) < 4.78 is 4.59. The number of esters is 1. The number of hydrogen-bond acceptors (Lipinski definition) is 4. The molecular formula is C10H12O3S. The van der Waals surface area contributed by atoms with Crippen LogP contribution in [0.3, 0.4) is 0 Å². The molecule has 1 N–H and O–H groups in total. The zero-order chi connectivity index (χ0) is 10.6. The Bertz CT molecular complexity index is 336. The molecule has 0 bridgehead atoms. The third kappa shape index (κ3) is 2.20. The maximum absolute atomic E-state index is 11.3. The van der Waals surface area contributed by atoms with Crippen molar-refractivity contribution in [3.05, 3.63) is 23.8 Å². The van der Waals surface area contributed by atoms with Gasteiger partial charge in [0.15, 0.2) is 0 Å². The molecule has 4 heteroatoms. The average molecular weight is 212 g/mol. The number of carbonyl (C=O) groups excluding carboxylic acids is 1. The van der Waals surface area contributed by atoms with Crippen LogP contribution in [-0.2, 0) is 4.74 Å². The molecule has 0 aliphatic rings. The minimum absolute atomic E-state index is 0.0321. The highest BCUT2D eigenvalue weighted by molar-refractivity contribution is 7.99. The molecular weight excluding hydrogens is 200 g/mol. The van der Waals surface area contributed by atoms with E-state index in [-0.39, 0.29) is 11.3 Å². The predicted molar refractivity (Wildman–Crippen MR) is 55.8 cm³/mol. The molecule has 1 rings (SSSR count). The monoisotopic (exact) mass is 212 g/mol. The van der Waals surface area contributed by atoms with Crippen LogP contribution in [0, 0.1) is 0 Å². The summed E-state index contributed by atoms with van der Waals surface area (Å²) in [5.41, 5.74) is 0.252. The van der Waals surface area contributed by atoms with E-state index >= 15 is 0 Å². The second kappa shape index (κ2) is 4.91. The summed E-state index contributed by atoms with van der Waals surface area (Å²) in [7, 11) is 1.30. The summed E-state index contributed by atoms with van der Waals surface area (Å²) in [4.78, 5) is 12.1. The fraction of sp³-hybridized carbons (Fsp3) is 0.300. The van der Waals surface area contributed by atoms with Gasteiger partial charge in [0.25, 0.3) is 0 Å². The molecule has 1 aromatic rings. The van der Waals surface area contributed by atoms with Gasteiger partial charge < -0.3 is 9.84 Å². The van der Waals surface area contributed by atoms with Crippen molar-refractivity contribution in [2.75, 3.05) is 12.9 Å². The molecule has 0 saturated heterocycles. The maximum Gasteiger partial charge on any atom is 0.342 e. The summed E-state index contributed by atoms with van der Waals surface area (Å²) in [6.45, 7) is 1.98. The fourth-order valence-corrected chi connectivity index (χ4v) is 1.92. The van der Waals surface area contributed by atoms with Crippen LogP contribution in [0.2, 0.25) is 0 Å². The van der Waals surface area contributed by atoms with Crippen molar-refractivity contribution >= 4 is 17.7 Å². The highest BCUT2D eigenvalue weighted by Crippen LogP contribution is 2.29. The van der Waals surface area contributed by atoms with Gasteiger partial charge in [0.1, 0.15) is 11.3 Å². The Morgan fingerprint density at radius 2 is 2.29 bits per heavy atom. The molecule has 0 spiro atoms. The Morgan fingerprint density at radius 1 is 1.57 bits per heavy atom. The molecule has 0 heterocycles. The van der Waals surface area contributed by atoms with E-state index in [1.54, 1.807) is 12.1 Å². The van der Waals surface area contributed by atoms with Gasteiger partial charge in [-0.1, -0.05) is 13.0 Å². The van der Waals surface area contributed by atoms with Crippen LogP contribution in [0.25, 0.3) is 0 Å². The fourth-order valence-electron chi connectivity index (χ4n) is 1.10. The van der Waals surface area contributed by atoms with Crippen molar-refractivity contribution in [1.29, 1.82) is 0 Å². The minimum atomic E-state index is -0.501. The molecule has 0 radical (unpaired) electrons. The first-order valence-electron chi connectivity index (χ1n) is 4.23. The van der Waals surface area contributed by atoms with Gasteiger partial charge in [0.05, 0.1) is 7.11 Å². The van der Waals surface area contributed by atoms with Crippen LogP contribution in [-0.4, -0.2) is 23.9 Å². The Hall–Kier alpha value is -1.16. The Labute approximate surface area is 87.1 Å². The standard InChI is InChI=1S/C10H12O3S/c1-3-14-8-6-4-5-7(11)9(8)10(12)13-2/h4-6,11H,3H2,1-2H3. The summed E-state index contributed by atoms with van der Waals surface area (Å²) in [6, 6.07) is 4.98. The number of methoxy groups -OCH3 is 1. The van der Waals surface area contributed by atoms with Gasteiger partial charge in [-0.15, -0.1) is 11.8 Å². The maximum atomic E-state index is 11.3. The first-order valence-corrected chi connectivity index (χ1v) is 5.22. The van der Waals surface area contributed by atoms with Crippen LogP contribution < -0.4 is 0 Å². The number of aromatic hydroxyl groups is 1. The molecule has 0 amide bonds. The average Bonchev–Trinajstić information content (AvgIpc) is 2.18. The van der Waals surface area contributed by atoms with Gasteiger partial charge in [0, 0.05) is 4.90 Å². The van der Waals surface area contributed by atoms with Crippen molar-refractivity contribution in [1.82, 2.24) is 0 Å². The van der Waals surface area contributed by atoms with E-state index < -0.39 is 5.97 Å². The molecule has 0 saturated carbocycles. The van der Waals surface area contributed by atoms with Crippen LogP contribution in [0.4, 0.5) is 0 Å². The van der Waals surface area contributed by atoms with Crippen LogP contribution in [0.15, 0.2) is 23.1 Å². The molecule has 0 fully saturated rings. The van der Waals surface area contributed by atoms with Gasteiger partial charge in [-0.3, -0.25) is 0 Å². The molecule has 76 valence electrons. The minimum Gasteiger partial charge on any atom is -0.507 e. The Balaban J connectivity index is 3.15. The molecule has 0 atom stereocenters. The first-order chi connectivity index (χ1) is 6.70. The van der Waals surface area contributed by atoms with Crippen molar-refractivity contribution in [3.63, 3.8) is 0 Å². The van der Waals surface area contributed by atoms with E-state index in [1.807, 2.05) is 6.92 Å². The number of ether oxygens (including phenoxy) is 1. The van der Waals surface area contributed by atoms with Crippen LogP contribution in [0.1, 0.15) is 17.3 Å². The number of carbonyl (C=O) groups is 1. The van der Waals surface area contributed by atoms with E-state index in [4.69, 9.17) is 0 Å². The number of benzene rings is 1. The molecule has 0 aromatic heterocycles. The largest absolute Gasteiger partial charge is 0.507 e. The van der Waals surface area contributed by atoms with Gasteiger partial charge in [-0.25, -0.2) is 4.79 Å². The molecule has 0 aliphatic carbocycles. The number of rotatable bonds is 3. The molecule has 0 aliphatic heterocycles. The SMILES string of the molecule is CCSc1cccc(O)c1C(=O)OC. The zero-order valence-electron chi connectivity index (χ0n) is 8.11. The van der Waals surface area contributed by atoms with Crippen LogP contribution >= 0.6 is 11.8 Å². The van der Waals surface area contributed by atoms with Gasteiger partial charge in [-0.2, -0.15) is 0 Å². The van der Waals surface area contributed by atoms with Crippen molar-refractivity contribution < 1.29 is 14.6 Å². The lowest BCUT2D eigenvalue weighted by molar-refractivity contribution is 0.0593. The smallest absolute Gasteiger partial charge is 0.342 e. The molecule has 14 heavy (non-hydrogen) atoms. The van der Waals surface area contributed by atoms with Crippen LogP contribution in [0.5, 0.6) is 5.75 Å². The predicted octanol–water partition coefficient (Wildman–Crippen LogP) is 2.29. The van der Waals surface area contributed by atoms with E-state index in [2.05, 4.69) is 4.74 Å². The third-order valence-corrected chi connectivity index (χ3v) is 2.63. The van der Waals surface area contributed by atoms with Crippen molar-refractivity contribution in [2.24, 2.45) is 0 Å². The quantitative estimate of drug-likeness (QED) is 0.617. The first kappa shape index (κ1) is 10.9. The Morgan fingerprint density at radius 3 is 2.86 bits per heavy atom. The Kier molecular flexibility index (Phi) is 3.83. The third-order valence-electron chi connectivity index (χ3n) is 1.69. The lowest BCUT2D eigenvalue weighted by atomic mass is 10.2. The highest BCUT2D eigenvalue weighted by Gasteiger charge is 2.16. The number of hydrogen-bond donors (Lipinski definition) is 1. The highest BCUT2D eigenvalue weighted by atomic mass is 32.2. The summed E-state index contributed by atoms with van der Waals surface area (Å²) in [6.07, 6.45) is 0. The summed E-state index contributed by atoms with van der Waals surface area (Å²) in [5.74, 6) is 0.308. The van der Waals surface area contributed by atoms with E-state index in [9.17, 15) is 9.90 Å². The van der Waals surface area contributed by atoms with Gasteiger partial charge in [0.2, 0.25) is 0 Å². The lowest BCUT2D eigenvalue weighted by Crippen LogP contribution is -2.03. The number of phenolic OH excluding ortho intramolecular Hbond substituents is 1. The summed E-state index contributed by atoms with van der Waals surface area (Å²) in [5, 5.41) is 9.51. The van der Waals surface area contributed by atoms with Crippen molar-refractivity contribution in [3.8, 4) is 5.75 Å². The topological polar surface area (TPSA) is 46.5 Å². The molecule has 3 nitrogen and oxygen atoms in total. The molecule has 1 aromatic carbocycles. The second-order valence-electron chi connectivity index (χ2n) is 2.57. The van der Waals surface area contributed by atoms with E-state index in [1.165, 1.54) is 24.9 Å². The van der Waals surface area contributed by atoms with E-state index in [0.29, 0.717) is 0 Å². The summed E-state index contributed by atoms with van der Waals surface area (Å²) >= 11 is 1.50. The second-order valence-corrected chi connectivity index (χ2v) is 3.88. The van der Waals surface area contributed by atoms with E-state index in [0.717, 1.165) is 10.6 Å². The van der Waals surface area contributed by atoms with Gasteiger partial charge in [-0.05, 0) is 17.9 Å². The lowest BCUT2D eigenvalue weighted by Gasteiger charge is -2.07. The zero-order valence-corrected chi connectivity index (χ0v) is 8.93.